The molecule has 2 aliphatic rings. The van der Waals surface area contributed by atoms with E-state index in [0.717, 1.165) is 31.5 Å². The summed E-state index contributed by atoms with van der Waals surface area (Å²) in [5.74, 6) is -0.577. The van der Waals surface area contributed by atoms with Gasteiger partial charge in [0, 0.05) is 6.42 Å². The zero-order chi connectivity index (χ0) is 14.5. The van der Waals surface area contributed by atoms with Gasteiger partial charge in [-0.25, -0.2) is 0 Å². The maximum absolute atomic E-state index is 10.5. The van der Waals surface area contributed by atoms with Crippen LogP contribution in [0.3, 0.4) is 0 Å². The molecule has 0 bridgehead atoms. The van der Waals surface area contributed by atoms with Crippen LogP contribution in [0.1, 0.15) is 24.8 Å². The molecule has 1 aromatic carbocycles. The Bertz CT molecular complexity index is 517. The van der Waals surface area contributed by atoms with Crippen molar-refractivity contribution in [2.24, 2.45) is 5.92 Å². The van der Waals surface area contributed by atoms with Gasteiger partial charge >= 0.3 is 0 Å². The van der Waals surface area contributed by atoms with Crippen molar-refractivity contribution in [3.05, 3.63) is 54.1 Å². The first-order chi connectivity index (χ1) is 10.3. The number of hydrogen-bond acceptors (Lipinski definition) is 3. The molecule has 1 aliphatic heterocycles. The molecule has 0 spiro atoms. The lowest BCUT2D eigenvalue weighted by Gasteiger charge is -2.30. The third kappa shape index (κ3) is 3.82. The van der Waals surface area contributed by atoms with Crippen molar-refractivity contribution in [1.29, 1.82) is 0 Å². The molecule has 3 rings (SSSR count). The number of benzene rings is 1. The quantitative estimate of drug-likeness (QED) is 0.836. The second kappa shape index (κ2) is 6.56. The molecular formula is C18H23NO2. The number of rotatable bonds is 4. The summed E-state index contributed by atoms with van der Waals surface area (Å²) in [5, 5.41) is 13.8. The van der Waals surface area contributed by atoms with Crippen LogP contribution >= 0.6 is 0 Å². The smallest absolute Gasteiger partial charge is 0.189 e. The van der Waals surface area contributed by atoms with Gasteiger partial charge in [-0.2, -0.15) is 0 Å². The third-order valence-corrected chi connectivity index (χ3v) is 4.27. The summed E-state index contributed by atoms with van der Waals surface area (Å²) in [5.41, 5.74) is 2.32. The normalized spacial score (nSPS) is 26.6. The molecule has 0 saturated carbocycles. The van der Waals surface area contributed by atoms with Gasteiger partial charge in [-0.3, -0.25) is 0 Å². The molecule has 1 heterocycles. The lowest BCUT2D eigenvalue weighted by molar-refractivity contribution is -0.173. The molecule has 0 radical (unpaired) electrons. The molecule has 2 N–H and O–H groups in total. The van der Waals surface area contributed by atoms with Crippen LogP contribution in [0.15, 0.2) is 48.6 Å². The van der Waals surface area contributed by atoms with E-state index in [4.69, 9.17) is 4.74 Å². The van der Waals surface area contributed by atoms with Gasteiger partial charge < -0.3 is 15.2 Å². The van der Waals surface area contributed by atoms with Gasteiger partial charge in [0.15, 0.2) is 5.79 Å². The average Bonchev–Trinajstić information content (AvgIpc) is 2.56. The van der Waals surface area contributed by atoms with E-state index in [2.05, 4.69) is 23.5 Å². The molecule has 3 nitrogen and oxygen atoms in total. The molecule has 21 heavy (non-hydrogen) atoms. The van der Waals surface area contributed by atoms with Crippen molar-refractivity contribution in [3.63, 3.8) is 0 Å². The van der Waals surface area contributed by atoms with Gasteiger partial charge in [-0.15, -0.1) is 0 Å². The van der Waals surface area contributed by atoms with E-state index in [-0.39, 0.29) is 0 Å². The fourth-order valence-corrected chi connectivity index (χ4v) is 2.87. The zero-order valence-corrected chi connectivity index (χ0v) is 12.3. The first-order valence-electron chi connectivity index (χ1n) is 7.77. The number of nitrogens with one attached hydrogen (secondary N) is 1. The van der Waals surface area contributed by atoms with E-state index in [9.17, 15) is 5.11 Å². The third-order valence-electron chi connectivity index (χ3n) is 4.27. The van der Waals surface area contributed by atoms with Gasteiger partial charge in [0.05, 0.1) is 6.61 Å². The Labute approximate surface area is 126 Å². The second-order valence-corrected chi connectivity index (χ2v) is 5.91. The topological polar surface area (TPSA) is 41.5 Å². The van der Waals surface area contributed by atoms with Crippen LogP contribution in [0.4, 0.5) is 0 Å². The summed E-state index contributed by atoms with van der Waals surface area (Å²) in [4.78, 5) is 0. The van der Waals surface area contributed by atoms with E-state index < -0.39 is 5.79 Å². The summed E-state index contributed by atoms with van der Waals surface area (Å²) < 4.78 is 5.79. The van der Waals surface area contributed by atoms with E-state index in [1.807, 2.05) is 24.3 Å². The van der Waals surface area contributed by atoms with E-state index >= 15 is 0 Å². The summed E-state index contributed by atoms with van der Waals surface area (Å²) in [6, 6.07) is 10.2. The molecule has 1 aliphatic carbocycles. The van der Waals surface area contributed by atoms with E-state index in [0.29, 0.717) is 18.9 Å². The van der Waals surface area contributed by atoms with Crippen LogP contribution in [0.2, 0.25) is 0 Å². The van der Waals surface area contributed by atoms with Crippen molar-refractivity contribution in [3.8, 4) is 0 Å². The fourth-order valence-electron chi connectivity index (χ4n) is 2.87. The second-order valence-electron chi connectivity index (χ2n) is 5.91. The number of allylic oxidation sites excluding steroid dienone is 2. The molecule has 0 aromatic heterocycles. The summed E-state index contributed by atoms with van der Waals surface area (Å²) in [6.45, 7) is 2.75. The highest BCUT2D eigenvalue weighted by molar-refractivity contribution is 5.75. The standard InChI is InChI=1S/C18H23NO2/c20-18(21-14-15-8-12-19-13-9-15)10-6-17(7-11-18)16-4-2-1-3-5-16/h1-7,10,15,19-20H,8-9,11-14H2. The van der Waals surface area contributed by atoms with Crippen molar-refractivity contribution >= 4 is 5.57 Å². The van der Waals surface area contributed by atoms with E-state index in [1.54, 1.807) is 6.08 Å². The highest BCUT2D eigenvalue weighted by atomic mass is 16.6. The maximum atomic E-state index is 10.5. The predicted octanol–water partition coefficient (Wildman–Crippen LogP) is 2.73. The number of hydrogen-bond donors (Lipinski definition) is 2. The lowest BCUT2D eigenvalue weighted by Crippen LogP contribution is -2.36. The first-order valence-corrected chi connectivity index (χ1v) is 7.77. The average molecular weight is 285 g/mol. The van der Waals surface area contributed by atoms with Crippen molar-refractivity contribution in [2.45, 2.75) is 25.0 Å². The number of piperidine rings is 1. The van der Waals surface area contributed by atoms with Crippen LogP contribution in [-0.4, -0.2) is 30.6 Å². The van der Waals surface area contributed by atoms with Crippen LogP contribution in [0.25, 0.3) is 5.57 Å². The fraction of sp³-hybridized carbons (Fsp3) is 0.444. The Balaban J connectivity index is 1.56. The van der Waals surface area contributed by atoms with Gasteiger partial charge in [0.1, 0.15) is 0 Å². The van der Waals surface area contributed by atoms with Gasteiger partial charge in [0.2, 0.25) is 0 Å². The Morgan fingerprint density at radius 1 is 1.19 bits per heavy atom. The largest absolute Gasteiger partial charge is 0.362 e. The Morgan fingerprint density at radius 2 is 1.95 bits per heavy atom. The summed E-state index contributed by atoms with van der Waals surface area (Å²) in [6.07, 6.45) is 8.57. The summed E-state index contributed by atoms with van der Waals surface area (Å²) in [7, 11) is 0. The lowest BCUT2D eigenvalue weighted by atomic mass is 9.96. The number of ether oxygens (including phenoxy) is 1. The highest BCUT2D eigenvalue weighted by Gasteiger charge is 2.27. The highest BCUT2D eigenvalue weighted by Crippen LogP contribution is 2.28. The summed E-state index contributed by atoms with van der Waals surface area (Å²) >= 11 is 0. The molecule has 0 amide bonds. The maximum Gasteiger partial charge on any atom is 0.189 e. The molecule has 3 heteroatoms. The monoisotopic (exact) mass is 285 g/mol. The van der Waals surface area contributed by atoms with Gasteiger partial charge in [0.25, 0.3) is 0 Å². The molecular weight excluding hydrogens is 262 g/mol. The Kier molecular flexibility index (Phi) is 4.54. The van der Waals surface area contributed by atoms with Crippen LogP contribution in [0, 0.1) is 5.92 Å². The minimum absolute atomic E-state index is 0.513. The van der Waals surface area contributed by atoms with Crippen molar-refractivity contribution in [2.75, 3.05) is 19.7 Å². The van der Waals surface area contributed by atoms with Crippen LogP contribution in [-0.2, 0) is 4.74 Å². The van der Waals surface area contributed by atoms with Crippen LogP contribution in [0.5, 0.6) is 0 Å². The molecule has 1 aromatic rings. The minimum Gasteiger partial charge on any atom is -0.362 e. The predicted molar refractivity (Wildman–Crippen MR) is 84.7 cm³/mol. The molecule has 1 unspecified atom stereocenters. The van der Waals surface area contributed by atoms with Crippen molar-refractivity contribution < 1.29 is 9.84 Å². The molecule has 1 fully saturated rings. The molecule has 1 atom stereocenters. The molecule has 1 saturated heterocycles. The Hall–Kier alpha value is -1.42. The van der Waals surface area contributed by atoms with Gasteiger partial charge in [-0.05, 0) is 49.1 Å². The first kappa shape index (κ1) is 14.5. The van der Waals surface area contributed by atoms with Crippen LogP contribution < -0.4 is 5.32 Å². The minimum atomic E-state index is -1.14. The van der Waals surface area contributed by atoms with E-state index in [1.165, 1.54) is 5.56 Å². The van der Waals surface area contributed by atoms with Crippen molar-refractivity contribution in [1.82, 2.24) is 5.32 Å². The SMILES string of the molecule is OC1(OCC2CCNCC2)C=CC(c2ccccc2)=CC1. The zero-order valence-electron chi connectivity index (χ0n) is 12.3. The Morgan fingerprint density at radius 3 is 2.62 bits per heavy atom. The molecule has 112 valence electrons. The number of aliphatic hydroxyl groups is 1. The van der Waals surface area contributed by atoms with Gasteiger partial charge in [-0.1, -0.05) is 42.5 Å².